The molecule has 0 radical (unpaired) electrons. The number of imidazole rings is 1. The van der Waals surface area contributed by atoms with E-state index in [1.54, 1.807) is 30.7 Å². The largest absolute Gasteiger partial charge is 0.297 e. The highest BCUT2D eigenvalue weighted by Gasteiger charge is 2.04. The molecule has 0 atom stereocenters. The van der Waals surface area contributed by atoms with Crippen molar-refractivity contribution in [2.45, 2.75) is 0 Å². The first-order valence-electron chi connectivity index (χ1n) is 5.16. The number of benzene rings is 1. The van der Waals surface area contributed by atoms with Crippen molar-refractivity contribution in [2.24, 2.45) is 0 Å². The lowest BCUT2D eigenvalue weighted by atomic mass is 10.1. The fourth-order valence-electron chi connectivity index (χ4n) is 1.77. The van der Waals surface area contributed by atoms with Crippen LogP contribution in [0.1, 0.15) is 5.56 Å². The molecule has 1 aromatic carbocycles. The van der Waals surface area contributed by atoms with Gasteiger partial charge in [-0.2, -0.15) is 5.26 Å². The number of nitriles is 1. The summed E-state index contributed by atoms with van der Waals surface area (Å²) in [5, 5.41) is 8.75. The third-order valence-electron chi connectivity index (χ3n) is 2.63. The van der Waals surface area contributed by atoms with Gasteiger partial charge in [-0.05, 0) is 12.1 Å². The summed E-state index contributed by atoms with van der Waals surface area (Å²) in [5.74, 6) is 0. The van der Waals surface area contributed by atoms with Crippen molar-refractivity contribution < 1.29 is 0 Å². The van der Waals surface area contributed by atoms with Crippen LogP contribution >= 0.6 is 0 Å². The zero-order chi connectivity index (χ0) is 11.7. The maximum absolute atomic E-state index is 8.75. The van der Waals surface area contributed by atoms with E-state index < -0.39 is 0 Å². The van der Waals surface area contributed by atoms with Gasteiger partial charge in [0, 0.05) is 18.0 Å². The number of nitrogens with zero attached hydrogens (tertiary/aromatic N) is 4. The molecule has 0 N–H and O–H groups in total. The zero-order valence-corrected chi connectivity index (χ0v) is 8.91. The third kappa shape index (κ3) is 1.54. The summed E-state index contributed by atoms with van der Waals surface area (Å²) >= 11 is 0. The molecular weight excluding hydrogens is 212 g/mol. The average molecular weight is 220 g/mol. The summed E-state index contributed by atoms with van der Waals surface area (Å²) in [6.07, 6.45) is 7.11. The fraction of sp³-hybridized carbons (Fsp3) is 0. The molecule has 0 aliphatic rings. The highest BCUT2D eigenvalue weighted by atomic mass is 15.0. The van der Waals surface area contributed by atoms with Gasteiger partial charge in [0.15, 0.2) is 5.65 Å². The highest BCUT2D eigenvalue weighted by molar-refractivity contribution is 5.63. The minimum absolute atomic E-state index is 0.657. The summed E-state index contributed by atoms with van der Waals surface area (Å²) in [5.41, 5.74) is 3.49. The lowest BCUT2D eigenvalue weighted by Crippen LogP contribution is -1.88. The van der Waals surface area contributed by atoms with Crippen molar-refractivity contribution in [3.63, 3.8) is 0 Å². The Morgan fingerprint density at radius 1 is 1.12 bits per heavy atom. The molecule has 4 nitrogen and oxygen atoms in total. The second-order valence-electron chi connectivity index (χ2n) is 3.64. The molecule has 0 amide bonds. The van der Waals surface area contributed by atoms with Gasteiger partial charge in [0.1, 0.15) is 0 Å². The molecule has 0 fully saturated rings. The average Bonchev–Trinajstić information content (AvgIpc) is 2.83. The summed E-state index contributed by atoms with van der Waals surface area (Å²) in [6, 6.07) is 9.55. The molecule has 2 heterocycles. The van der Waals surface area contributed by atoms with Crippen LogP contribution in [0.25, 0.3) is 16.9 Å². The Kier molecular flexibility index (Phi) is 2.09. The van der Waals surface area contributed by atoms with Gasteiger partial charge in [-0.25, -0.2) is 4.98 Å². The number of rotatable bonds is 1. The molecule has 0 saturated heterocycles. The van der Waals surface area contributed by atoms with Gasteiger partial charge in [-0.1, -0.05) is 12.1 Å². The smallest absolute Gasteiger partial charge is 0.155 e. The van der Waals surface area contributed by atoms with Crippen molar-refractivity contribution in [1.82, 2.24) is 14.4 Å². The van der Waals surface area contributed by atoms with Crippen molar-refractivity contribution in [3.8, 4) is 17.3 Å². The van der Waals surface area contributed by atoms with Crippen LogP contribution in [-0.2, 0) is 0 Å². The maximum Gasteiger partial charge on any atom is 0.155 e. The van der Waals surface area contributed by atoms with Gasteiger partial charge in [-0.15, -0.1) is 0 Å². The van der Waals surface area contributed by atoms with E-state index in [4.69, 9.17) is 5.26 Å². The van der Waals surface area contributed by atoms with Crippen molar-refractivity contribution in [2.75, 3.05) is 0 Å². The van der Waals surface area contributed by atoms with E-state index in [-0.39, 0.29) is 0 Å². The van der Waals surface area contributed by atoms with Crippen LogP contribution < -0.4 is 0 Å². The number of hydrogen-bond acceptors (Lipinski definition) is 3. The minimum atomic E-state index is 0.657. The van der Waals surface area contributed by atoms with Gasteiger partial charge >= 0.3 is 0 Å². The Balaban J connectivity index is 2.17. The summed E-state index contributed by atoms with van der Waals surface area (Å²) in [7, 11) is 0. The Hall–Kier alpha value is -2.67. The van der Waals surface area contributed by atoms with Gasteiger partial charge in [0.05, 0.1) is 29.7 Å². The summed E-state index contributed by atoms with van der Waals surface area (Å²) in [4.78, 5) is 8.29. The molecule has 0 aliphatic heterocycles. The standard InChI is InChI=1S/C13H8N4/c14-7-10-1-3-11(4-2-10)12-8-16-13-9-15-5-6-17(12)13/h1-6,8-9H. The highest BCUT2D eigenvalue weighted by Crippen LogP contribution is 2.20. The SMILES string of the molecule is N#Cc1ccc(-c2cnc3cnccn23)cc1. The van der Waals surface area contributed by atoms with Gasteiger partial charge in [-0.3, -0.25) is 9.38 Å². The van der Waals surface area contributed by atoms with E-state index in [0.29, 0.717) is 5.56 Å². The van der Waals surface area contributed by atoms with E-state index in [1.807, 2.05) is 22.7 Å². The minimum Gasteiger partial charge on any atom is -0.297 e. The van der Waals surface area contributed by atoms with Crippen LogP contribution in [0, 0.1) is 11.3 Å². The fourth-order valence-corrected chi connectivity index (χ4v) is 1.77. The monoisotopic (exact) mass is 220 g/mol. The molecule has 17 heavy (non-hydrogen) atoms. The van der Waals surface area contributed by atoms with Crippen LogP contribution in [0.3, 0.4) is 0 Å². The van der Waals surface area contributed by atoms with E-state index >= 15 is 0 Å². The zero-order valence-electron chi connectivity index (χ0n) is 8.91. The second kappa shape index (κ2) is 3.72. The van der Waals surface area contributed by atoms with Crippen LogP contribution in [0.4, 0.5) is 0 Å². The van der Waals surface area contributed by atoms with Crippen LogP contribution in [0.15, 0.2) is 49.1 Å². The quantitative estimate of drug-likeness (QED) is 0.632. The molecule has 2 aromatic heterocycles. The molecule has 3 aromatic rings. The Labute approximate surface area is 97.8 Å². The second-order valence-corrected chi connectivity index (χ2v) is 3.64. The van der Waals surface area contributed by atoms with Crippen LogP contribution in [0.2, 0.25) is 0 Å². The maximum atomic E-state index is 8.75. The topological polar surface area (TPSA) is 54.0 Å². The molecule has 0 saturated carbocycles. The third-order valence-corrected chi connectivity index (χ3v) is 2.63. The number of hydrogen-bond donors (Lipinski definition) is 0. The first-order valence-corrected chi connectivity index (χ1v) is 5.16. The first kappa shape index (κ1) is 9.55. The van der Waals surface area contributed by atoms with Crippen LogP contribution in [0.5, 0.6) is 0 Å². The van der Waals surface area contributed by atoms with E-state index in [2.05, 4.69) is 16.0 Å². The lowest BCUT2D eigenvalue weighted by molar-refractivity contribution is 1.13. The van der Waals surface area contributed by atoms with Gasteiger partial charge in [0.25, 0.3) is 0 Å². The van der Waals surface area contributed by atoms with E-state index in [9.17, 15) is 0 Å². The number of fused-ring (bicyclic) bond motifs is 1. The first-order chi connectivity index (χ1) is 8.38. The Morgan fingerprint density at radius 2 is 1.94 bits per heavy atom. The molecule has 4 heteroatoms. The summed E-state index contributed by atoms with van der Waals surface area (Å²) in [6.45, 7) is 0. The van der Waals surface area contributed by atoms with E-state index in [1.165, 1.54) is 0 Å². The molecule has 3 rings (SSSR count). The van der Waals surface area contributed by atoms with Gasteiger partial charge < -0.3 is 0 Å². The summed E-state index contributed by atoms with van der Waals surface area (Å²) < 4.78 is 1.97. The normalized spacial score (nSPS) is 10.3. The molecule has 0 spiro atoms. The predicted molar refractivity (Wildman–Crippen MR) is 63.1 cm³/mol. The predicted octanol–water partition coefficient (Wildman–Crippen LogP) is 2.27. The molecule has 80 valence electrons. The molecular formula is C13H8N4. The van der Waals surface area contributed by atoms with Crippen molar-refractivity contribution in [1.29, 1.82) is 5.26 Å². The molecule has 0 aliphatic carbocycles. The van der Waals surface area contributed by atoms with Crippen LogP contribution in [-0.4, -0.2) is 14.4 Å². The lowest BCUT2D eigenvalue weighted by Gasteiger charge is -2.01. The Morgan fingerprint density at radius 3 is 2.71 bits per heavy atom. The number of aromatic nitrogens is 3. The molecule has 0 bridgehead atoms. The van der Waals surface area contributed by atoms with Crippen molar-refractivity contribution in [3.05, 3.63) is 54.6 Å². The van der Waals surface area contributed by atoms with Gasteiger partial charge in [0.2, 0.25) is 0 Å². The van der Waals surface area contributed by atoms with E-state index in [0.717, 1.165) is 16.9 Å². The van der Waals surface area contributed by atoms with Crippen molar-refractivity contribution >= 4 is 5.65 Å². The molecule has 0 unspecified atom stereocenters. The Bertz CT molecular complexity index is 704.